The molecule has 0 saturated carbocycles. The number of hydrogen-bond donors (Lipinski definition) is 0. The summed E-state index contributed by atoms with van der Waals surface area (Å²) in [6, 6.07) is 14.8. The largest absolute Gasteiger partial charge is 0.298 e. The summed E-state index contributed by atoms with van der Waals surface area (Å²) in [6.45, 7) is 4.35. The lowest BCUT2D eigenvalue weighted by molar-refractivity contribution is 0.112. The van der Waals surface area contributed by atoms with E-state index in [2.05, 4.69) is 50.2 Å². The van der Waals surface area contributed by atoms with Gasteiger partial charge in [0, 0.05) is 5.56 Å². The van der Waals surface area contributed by atoms with Gasteiger partial charge in [-0.1, -0.05) is 47.5 Å². The third kappa shape index (κ3) is 2.69. The molecule has 0 aliphatic heterocycles. The first kappa shape index (κ1) is 13.8. The van der Waals surface area contributed by atoms with Crippen molar-refractivity contribution in [2.75, 3.05) is 0 Å². The number of carbonyl (C=O) groups is 1. The van der Waals surface area contributed by atoms with E-state index in [9.17, 15) is 4.79 Å². The second-order valence-corrected chi connectivity index (χ2v) is 5.91. The number of aldehydes is 1. The van der Waals surface area contributed by atoms with E-state index >= 15 is 0 Å². The van der Waals surface area contributed by atoms with Crippen molar-refractivity contribution in [1.29, 1.82) is 0 Å². The Bertz CT molecular complexity index is 705. The molecular formula is C20H20O. The second kappa shape index (κ2) is 5.69. The molecule has 2 aromatic carbocycles. The van der Waals surface area contributed by atoms with E-state index in [-0.39, 0.29) is 0 Å². The lowest BCUT2D eigenvalue weighted by Crippen LogP contribution is -1.96. The number of rotatable bonds is 2. The molecule has 0 atom stereocenters. The van der Waals surface area contributed by atoms with E-state index in [0.29, 0.717) is 0 Å². The predicted octanol–water partition coefficient (Wildman–Crippen LogP) is 4.97. The Morgan fingerprint density at radius 3 is 2.43 bits per heavy atom. The van der Waals surface area contributed by atoms with E-state index in [1.165, 1.54) is 33.4 Å². The first-order chi connectivity index (χ1) is 10.2. The van der Waals surface area contributed by atoms with Gasteiger partial charge in [0.15, 0.2) is 0 Å². The Balaban J connectivity index is 2.18. The molecule has 0 spiro atoms. The first-order valence-electron chi connectivity index (χ1n) is 7.54. The minimum absolute atomic E-state index is 0.775. The molecule has 106 valence electrons. The monoisotopic (exact) mass is 276 g/mol. The van der Waals surface area contributed by atoms with Gasteiger partial charge in [-0.25, -0.2) is 0 Å². The van der Waals surface area contributed by atoms with Gasteiger partial charge < -0.3 is 0 Å². The summed E-state index contributed by atoms with van der Waals surface area (Å²) in [6.07, 6.45) is 4.25. The van der Waals surface area contributed by atoms with Crippen LogP contribution >= 0.6 is 0 Å². The molecule has 21 heavy (non-hydrogen) atoms. The summed E-state index contributed by atoms with van der Waals surface area (Å²) >= 11 is 0. The van der Waals surface area contributed by atoms with Gasteiger partial charge in [0.2, 0.25) is 0 Å². The van der Waals surface area contributed by atoms with E-state index in [0.717, 1.165) is 31.1 Å². The highest BCUT2D eigenvalue weighted by Gasteiger charge is 2.16. The average Bonchev–Trinajstić information content (AvgIpc) is 2.66. The van der Waals surface area contributed by atoms with Gasteiger partial charge in [0.25, 0.3) is 0 Å². The molecule has 1 nitrogen and oxygen atoms in total. The Kier molecular flexibility index (Phi) is 3.74. The number of benzene rings is 2. The zero-order chi connectivity index (χ0) is 14.8. The van der Waals surface area contributed by atoms with Crippen LogP contribution in [0.4, 0.5) is 0 Å². The fraction of sp³-hybridized carbons (Fsp3) is 0.250. The van der Waals surface area contributed by atoms with Crippen LogP contribution < -0.4 is 0 Å². The first-order valence-corrected chi connectivity index (χ1v) is 7.54. The minimum Gasteiger partial charge on any atom is -0.298 e. The smallest absolute Gasteiger partial charge is 0.150 e. The van der Waals surface area contributed by atoms with E-state index in [1.807, 2.05) is 6.07 Å². The standard InChI is InChI=1S/C20H20O/c1-14-6-9-17(10-7-14)20-15(2)4-3-5-18-12-16(13-21)8-11-19(18)20/h6-13H,3-5H2,1-2H3. The lowest BCUT2D eigenvalue weighted by atomic mass is 9.90. The second-order valence-electron chi connectivity index (χ2n) is 5.91. The average molecular weight is 276 g/mol. The molecule has 2 aromatic rings. The van der Waals surface area contributed by atoms with Crippen LogP contribution in [-0.2, 0) is 6.42 Å². The van der Waals surface area contributed by atoms with E-state index < -0.39 is 0 Å². The fourth-order valence-electron chi connectivity index (χ4n) is 3.16. The molecule has 0 unspecified atom stereocenters. The van der Waals surface area contributed by atoms with Gasteiger partial charge in [0.1, 0.15) is 6.29 Å². The lowest BCUT2D eigenvalue weighted by Gasteiger charge is -2.14. The molecule has 0 saturated heterocycles. The van der Waals surface area contributed by atoms with Crippen LogP contribution in [0.1, 0.15) is 52.4 Å². The Hall–Kier alpha value is -2.15. The molecule has 3 rings (SSSR count). The van der Waals surface area contributed by atoms with Crippen molar-refractivity contribution in [3.05, 3.63) is 75.9 Å². The SMILES string of the molecule is CC1=C(c2ccc(C)cc2)c2ccc(C=O)cc2CCC1. The quantitative estimate of drug-likeness (QED) is 0.708. The van der Waals surface area contributed by atoms with Crippen LogP contribution in [0.25, 0.3) is 5.57 Å². The highest BCUT2D eigenvalue weighted by atomic mass is 16.1. The van der Waals surface area contributed by atoms with Crippen LogP contribution in [0.2, 0.25) is 0 Å². The summed E-state index contributed by atoms with van der Waals surface area (Å²) < 4.78 is 0. The number of carbonyl (C=O) groups excluding carboxylic acids is 1. The van der Waals surface area contributed by atoms with Gasteiger partial charge in [-0.05, 0) is 61.4 Å². The van der Waals surface area contributed by atoms with Crippen molar-refractivity contribution in [2.45, 2.75) is 33.1 Å². The normalized spacial score (nSPS) is 14.6. The molecule has 0 aromatic heterocycles. The topological polar surface area (TPSA) is 17.1 Å². The Morgan fingerprint density at radius 2 is 1.71 bits per heavy atom. The molecule has 0 radical (unpaired) electrons. The molecule has 0 bridgehead atoms. The Morgan fingerprint density at radius 1 is 0.952 bits per heavy atom. The molecule has 1 aliphatic rings. The third-order valence-corrected chi connectivity index (χ3v) is 4.30. The van der Waals surface area contributed by atoms with Crippen LogP contribution in [-0.4, -0.2) is 6.29 Å². The number of hydrogen-bond acceptors (Lipinski definition) is 1. The molecule has 1 heteroatoms. The van der Waals surface area contributed by atoms with Crippen molar-refractivity contribution >= 4 is 11.9 Å². The van der Waals surface area contributed by atoms with Gasteiger partial charge in [-0.2, -0.15) is 0 Å². The van der Waals surface area contributed by atoms with Crippen molar-refractivity contribution in [3.8, 4) is 0 Å². The van der Waals surface area contributed by atoms with Crippen molar-refractivity contribution in [3.63, 3.8) is 0 Å². The summed E-state index contributed by atoms with van der Waals surface area (Å²) in [5, 5.41) is 0. The van der Waals surface area contributed by atoms with Crippen LogP contribution in [0.3, 0.4) is 0 Å². The zero-order valence-corrected chi connectivity index (χ0v) is 12.6. The Labute approximate surface area is 126 Å². The highest BCUT2D eigenvalue weighted by molar-refractivity contribution is 5.86. The fourth-order valence-corrected chi connectivity index (χ4v) is 3.16. The maximum Gasteiger partial charge on any atom is 0.150 e. The van der Waals surface area contributed by atoms with Gasteiger partial charge >= 0.3 is 0 Å². The molecule has 0 amide bonds. The van der Waals surface area contributed by atoms with Crippen molar-refractivity contribution in [2.24, 2.45) is 0 Å². The number of aryl methyl sites for hydroxylation is 2. The summed E-state index contributed by atoms with van der Waals surface area (Å²) in [7, 11) is 0. The summed E-state index contributed by atoms with van der Waals surface area (Å²) in [4.78, 5) is 11.0. The third-order valence-electron chi connectivity index (χ3n) is 4.30. The number of fused-ring (bicyclic) bond motifs is 1. The van der Waals surface area contributed by atoms with Crippen molar-refractivity contribution in [1.82, 2.24) is 0 Å². The van der Waals surface area contributed by atoms with E-state index in [4.69, 9.17) is 0 Å². The highest BCUT2D eigenvalue weighted by Crippen LogP contribution is 2.35. The minimum atomic E-state index is 0.775. The van der Waals surface area contributed by atoms with Crippen LogP contribution in [0.15, 0.2) is 48.0 Å². The van der Waals surface area contributed by atoms with Gasteiger partial charge in [0.05, 0.1) is 0 Å². The van der Waals surface area contributed by atoms with Gasteiger partial charge in [-0.15, -0.1) is 0 Å². The molecule has 0 N–H and O–H groups in total. The predicted molar refractivity (Wildman–Crippen MR) is 87.6 cm³/mol. The van der Waals surface area contributed by atoms with Crippen LogP contribution in [0, 0.1) is 6.92 Å². The maximum atomic E-state index is 11.0. The molecule has 0 heterocycles. The summed E-state index contributed by atoms with van der Waals surface area (Å²) in [5.41, 5.74) is 8.71. The molecule has 0 fully saturated rings. The van der Waals surface area contributed by atoms with E-state index in [1.54, 1.807) is 0 Å². The molecular weight excluding hydrogens is 256 g/mol. The van der Waals surface area contributed by atoms with Gasteiger partial charge in [-0.3, -0.25) is 4.79 Å². The van der Waals surface area contributed by atoms with Crippen LogP contribution in [0.5, 0.6) is 0 Å². The maximum absolute atomic E-state index is 11.0. The molecule has 1 aliphatic carbocycles. The zero-order valence-electron chi connectivity index (χ0n) is 12.6. The van der Waals surface area contributed by atoms with Crippen molar-refractivity contribution < 1.29 is 4.79 Å². The summed E-state index contributed by atoms with van der Waals surface area (Å²) in [5.74, 6) is 0. The number of allylic oxidation sites excluding steroid dienone is 1.